The Labute approximate surface area is 147 Å². The molecule has 0 unspecified atom stereocenters. The van der Waals surface area contributed by atoms with Crippen molar-refractivity contribution >= 4 is 38.4 Å². The summed E-state index contributed by atoms with van der Waals surface area (Å²) in [4.78, 5) is 17.1. The van der Waals surface area contributed by atoms with E-state index in [1.54, 1.807) is 24.4 Å². The number of rotatable bonds is 4. The van der Waals surface area contributed by atoms with Gasteiger partial charge in [0.1, 0.15) is 0 Å². The molecule has 2 aromatic carbocycles. The summed E-state index contributed by atoms with van der Waals surface area (Å²) >= 11 is 3.49. The summed E-state index contributed by atoms with van der Waals surface area (Å²) in [5.41, 5.74) is 1.73. The van der Waals surface area contributed by atoms with Gasteiger partial charge < -0.3 is 14.8 Å². The van der Waals surface area contributed by atoms with Gasteiger partial charge in [0.15, 0.2) is 11.5 Å². The maximum Gasteiger partial charge on any atom is 0.259 e. The van der Waals surface area contributed by atoms with Gasteiger partial charge in [-0.3, -0.25) is 9.78 Å². The van der Waals surface area contributed by atoms with Crippen molar-refractivity contribution in [3.05, 3.63) is 58.7 Å². The number of hydrogen-bond donors (Lipinski definition) is 1. The molecule has 1 heterocycles. The Kier molecular flexibility index (Phi) is 4.66. The highest BCUT2D eigenvalue weighted by Crippen LogP contribution is 2.32. The van der Waals surface area contributed by atoms with E-state index in [2.05, 4.69) is 26.2 Å². The molecule has 0 aliphatic carbocycles. The van der Waals surface area contributed by atoms with Gasteiger partial charge in [-0.25, -0.2) is 0 Å². The van der Waals surface area contributed by atoms with Crippen molar-refractivity contribution in [2.75, 3.05) is 19.5 Å². The minimum Gasteiger partial charge on any atom is -0.493 e. The molecule has 5 nitrogen and oxygen atoms in total. The van der Waals surface area contributed by atoms with E-state index < -0.39 is 0 Å². The average molecular weight is 387 g/mol. The fourth-order valence-electron chi connectivity index (χ4n) is 2.49. The van der Waals surface area contributed by atoms with Crippen molar-refractivity contribution in [2.24, 2.45) is 0 Å². The fourth-order valence-corrected chi connectivity index (χ4v) is 2.95. The van der Waals surface area contributed by atoms with E-state index in [1.165, 1.54) is 14.2 Å². The van der Waals surface area contributed by atoms with Crippen LogP contribution in [0.25, 0.3) is 10.9 Å². The number of fused-ring (bicyclic) bond motifs is 1. The van der Waals surface area contributed by atoms with Gasteiger partial charge in [-0.05, 0) is 30.3 Å². The molecule has 0 aliphatic heterocycles. The second kappa shape index (κ2) is 6.88. The minimum absolute atomic E-state index is 0.292. The van der Waals surface area contributed by atoms with Gasteiger partial charge in [-0.15, -0.1) is 0 Å². The number of amides is 1. The molecule has 122 valence electrons. The Morgan fingerprint density at radius 2 is 1.92 bits per heavy atom. The van der Waals surface area contributed by atoms with E-state index in [-0.39, 0.29) is 5.91 Å². The van der Waals surface area contributed by atoms with E-state index in [1.807, 2.05) is 24.3 Å². The normalized spacial score (nSPS) is 10.5. The first kappa shape index (κ1) is 16.3. The van der Waals surface area contributed by atoms with Gasteiger partial charge in [-0.1, -0.05) is 28.1 Å². The zero-order valence-electron chi connectivity index (χ0n) is 13.2. The third kappa shape index (κ3) is 2.92. The lowest BCUT2D eigenvalue weighted by molar-refractivity contribution is 0.102. The Morgan fingerprint density at radius 1 is 1.08 bits per heavy atom. The van der Waals surface area contributed by atoms with Gasteiger partial charge in [0.25, 0.3) is 5.91 Å². The van der Waals surface area contributed by atoms with Crippen LogP contribution in [-0.2, 0) is 0 Å². The summed E-state index contributed by atoms with van der Waals surface area (Å²) in [6.07, 6.45) is 1.69. The van der Waals surface area contributed by atoms with Crippen LogP contribution in [0.5, 0.6) is 11.5 Å². The predicted octanol–water partition coefficient (Wildman–Crippen LogP) is 4.27. The number of anilines is 1. The molecule has 0 aliphatic rings. The SMILES string of the molecule is COc1cccc(C(=O)Nc2ccc(Br)c3cccnc23)c1OC. The molecule has 1 aromatic heterocycles. The van der Waals surface area contributed by atoms with Crippen molar-refractivity contribution < 1.29 is 14.3 Å². The van der Waals surface area contributed by atoms with Crippen LogP contribution in [0.3, 0.4) is 0 Å². The van der Waals surface area contributed by atoms with Gasteiger partial charge in [0, 0.05) is 16.1 Å². The molecule has 3 aromatic rings. The maximum absolute atomic E-state index is 12.7. The van der Waals surface area contributed by atoms with Crippen LogP contribution in [-0.4, -0.2) is 25.1 Å². The average Bonchev–Trinajstić information content (AvgIpc) is 2.63. The molecule has 0 bridgehead atoms. The lowest BCUT2D eigenvalue weighted by atomic mass is 10.1. The summed E-state index contributed by atoms with van der Waals surface area (Å²) in [5, 5.41) is 3.82. The van der Waals surface area contributed by atoms with Crippen molar-refractivity contribution in [1.29, 1.82) is 0 Å². The van der Waals surface area contributed by atoms with Crippen LogP contribution < -0.4 is 14.8 Å². The summed E-state index contributed by atoms with van der Waals surface area (Å²) in [7, 11) is 3.04. The number of para-hydroxylation sites is 1. The zero-order valence-corrected chi connectivity index (χ0v) is 14.8. The van der Waals surface area contributed by atoms with Crippen LogP contribution in [0, 0.1) is 0 Å². The van der Waals surface area contributed by atoms with Crippen LogP contribution in [0.2, 0.25) is 0 Å². The van der Waals surface area contributed by atoms with Gasteiger partial charge in [0.05, 0.1) is 31.0 Å². The first-order chi connectivity index (χ1) is 11.7. The number of ether oxygens (including phenoxy) is 2. The van der Waals surface area contributed by atoms with Crippen molar-refractivity contribution in [3.63, 3.8) is 0 Å². The van der Waals surface area contributed by atoms with Gasteiger partial charge in [-0.2, -0.15) is 0 Å². The van der Waals surface area contributed by atoms with Gasteiger partial charge in [0.2, 0.25) is 0 Å². The zero-order chi connectivity index (χ0) is 17.1. The molecule has 6 heteroatoms. The molecule has 3 rings (SSSR count). The quantitative estimate of drug-likeness (QED) is 0.727. The number of carbonyl (C=O) groups is 1. The lowest BCUT2D eigenvalue weighted by Gasteiger charge is -2.13. The highest BCUT2D eigenvalue weighted by Gasteiger charge is 2.17. The first-order valence-electron chi connectivity index (χ1n) is 7.21. The lowest BCUT2D eigenvalue weighted by Crippen LogP contribution is -2.14. The van der Waals surface area contributed by atoms with E-state index in [0.29, 0.717) is 28.3 Å². The number of benzene rings is 2. The Bertz CT molecular complexity index is 912. The topological polar surface area (TPSA) is 60.5 Å². The summed E-state index contributed by atoms with van der Waals surface area (Å²) < 4.78 is 11.5. The van der Waals surface area contributed by atoms with Crippen LogP contribution >= 0.6 is 15.9 Å². The fraction of sp³-hybridized carbons (Fsp3) is 0.111. The molecule has 1 amide bonds. The van der Waals surface area contributed by atoms with E-state index in [9.17, 15) is 4.79 Å². The largest absolute Gasteiger partial charge is 0.493 e. The molecular weight excluding hydrogens is 372 g/mol. The number of nitrogens with one attached hydrogen (secondary N) is 1. The maximum atomic E-state index is 12.7. The molecule has 0 saturated heterocycles. The minimum atomic E-state index is -0.292. The third-order valence-electron chi connectivity index (χ3n) is 3.61. The Hall–Kier alpha value is -2.60. The Morgan fingerprint density at radius 3 is 2.67 bits per heavy atom. The molecule has 0 fully saturated rings. The number of aromatic nitrogens is 1. The smallest absolute Gasteiger partial charge is 0.259 e. The number of carbonyl (C=O) groups excluding carboxylic acids is 1. The van der Waals surface area contributed by atoms with E-state index >= 15 is 0 Å². The summed E-state index contributed by atoms with van der Waals surface area (Å²) in [6.45, 7) is 0. The van der Waals surface area contributed by atoms with E-state index in [0.717, 1.165) is 9.86 Å². The molecule has 0 atom stereocenters. The van der Waals surface area contributed by atoms with Crippen molar-refractivity contribution in [3.8, 4) is 11.5 Å². The van der Waals surface area contributed by atoms with Crippen LogP contribution in [0.15, 0.2) is 53.1 Å². The summed E-state index contributed by atoms with van der Waals surface area (Å²) in [6, 6.07) is 12.6. The number of hydrogen-bond acceptors (Lipinski definition) is 4. The molecular formula is C18H15BrN2O3. The standard InChI is InChI=1S/C18H15BrN2O3/c1-23-15-7-3-5-12(17(15)24-2)18(22)21-14-9-8-13(19)11-6-4-10-20-16(11)14/h3-10H,1-2H3,(H,21,22). The molecule has 0 spiro atoms. The second-order valence-corrected chi connectivity index (χ2v) is 5.84. The third-order valence-corrected chi connectivity index (χ3v) is 4.30. The van der Waals surface area contributed by atoms with Crippen molar-refractivity contribution in [2.45, 2.75) is 0 Å². The van der Waals surface area contributed by atoms with Crippen LogP contribution in [0.1, 0.15) is 10.4 Å². The molecule has 0 radical (unpaired) electrons. The highest BCUT2D eigenvalue weighted by molar-refractivity contribution is 9.10. The monoisotopic (exact) mass is 386 g/mol. The predicted molar refractivity (Wildman–Crippen MR) is 96.9 cm³/mol. The second-order valence-electron chi connectivity index (χ2n) is 4.99. The number of pyridine rings is 1. The molecule has 0 saturated carbocycles. The number of methoxy groups -OCH3 is 2. The molecule has 1 N–H and O–H groups in total. The molecule has 24 heavy (non-hydrogen) atoms. The van der Waals surface area contributed by atoms with Crippen LogP contribution in [0.4, 0.5) is 5.69 Å². The Balaban J connectivity index is 2.01. The first-order valence-corrected chi connectivity index (χ1v) is 8.00. The van der Waals surface area contributed by atoms with Gasteiger partial charge >= 0.3 is 0 Å². The highest BCUT2D eigenvalue weighted by atomic mass is 79.9. The van der Waals surface area contributed by atoms with E-state index in [4.69, 9.17) is 9.47 Å². The number of nitrogens with zero attached hydrogens (tertiary/aromatic N) is 1. The number of halogens is 1. The van der Waals surface area contributed by atoms with Crippen molar-refractivity contribution in [1.82, 2.24) is 4.98 Å². The summed E-state index contributed by atoms with van der Waals surface area (Å²) in [5.74, 6) is 0.607.